The summed E-state index contributed by atoms with van der Waals surface area (Å²) in [5, 5.41) is 3.04. The normalized spacial score (nSPS) is 11.8. The molecule has 1 aromatic rings. The maximum atomic E-state index is 12.3. The van der Waals surface area contributed by atoms with E-state index in [9.17, 15) is 8.42 Å². The van der Waals surface area contributed by atoms with Gasteiger partial charge in [0.1, 0.15) is 10.7 Å². The molecule has 0 fully saturated rings. The number of nitrogens with one attached hydrogen (secondary N) is 2. The minimum atomic E-state index is -3.51. The molecule has 0 unspecified atom stereocenters. The van der Waals surface area contributed by atoms with Gasteiger partial charge in [-0.1, -0.05) is 6.92 Å². The van der Waals surface area contributed by atoms with E-state index < -0.39 is 10.0 Å². The molecule has 20 heavy (non-hydrogen) atoms. The predicted octanol–water partition coefficient (Wildman–Crippen LogP) is 1.13. The summed E-state index contributed by atoms with van der Waals surface area (Å²) in [7, 11) is 0.409. The molecular formula is C13H24N4O2S. The number of anilines is 1. The predicted molar refractivity (Wildman–Crippen MR) is 81.4 cm³/mol. The second-order valence-corrected chi connectivity index (χ2v) is 6.57. The average molecular weight is 300 g/mol. The van der Waals surface area contributed by atoms with Crippen LogP contribution in [-0.2, 0) is 10.0 Å². The van der Waals surface area contributed by atoms with Crippen molar-refractivity contribution in [1.29, 1.82) is 0 Å². The summed E-state index contributed by atoms with van der Waals surface area (Å²) < 4.78 is 27.1. The summed E-state index contributed by atoms with van der Waals surface area (Å²) in [5.41, 5.74) is 0. The minimum Gasteiger partial charge on any atom is -0.369 e. The Labute approximate surface area is 121 Å². The van der Waals surface area contributed by atoms with Crippen LogP contribution in [0.2, 0.25) is 0 Å². The maximum absolute atomic E-state index is 12.3. The molecule has 0 aliphatic carbocycles. The van der Waals surface area contributed by atoms with Crippen LogP contribution in [0.25, 0.3) is 0 Å². The zero-order valence-corrected chi connectivity index (χ0v) is 13.2. The van der Waals surface area contributed by atoms with Crippen molar-refractivity contribution in [1.82, 2.24) is 14.6 Å². The van der Waals surface area contributed by atoms with Gasteiger partial charge >= 0.3 is 0 Å². The summed E-state index contributed by atoms with van der Waals surface area (Å²) in [5.74, 6) is 0.412. The Balaban J connectivity index is 2.71. The summed E-state index contributed by atoms with van der Waals surface area (Å²) in [6.07, 6.45) is 3.26. The van der Waals surface area contributed by atoms with Crippen LogP contribution in [0.5, 0.6) is 0 Å². The van der Waals surface area contributed by atoms with Crippen LogP contribution in [0, 0.1) is 0 Å². The Morgan fingerprint density at radius 3 is 2.70 bits per heavy atom. The molecule has 1 aromatic heterocycles. The second kappa shape index (κ2) is 8.18. The van der Waals surface area contributed by atoms with Gasteiger partial charge in [0.25, 0.3) is 0 Å². The monoisotopic (exact) mass is 300 g/mol. The highest BCUT2D eigenvalue weighted by molar-refractivity contribution is 7.89. The number of rotatable bonds is 9. The lowest BCUT2D eigenvalue weighted by atomic mass is 10.4. The van der Waals surface area contributed by atoms with Gasteiger partial charge in [0.15, 0.2) is 0 Å². The Kier molecular flexibility index (Phi) is 6.90. The van der Waals surface area contributed by atoms with E-state index in [2.05, 4.69) is 15.0 Å². The number of hydrogen-bond acceptors (Lipinski definition) is 5. The summed E-state index contributed by atoms with van der Waals surface area (Å²) in [6, 6.07) is 3.20. The first-order chi connectivity index (χ1) is 9.47. The van der Waals surface area contributed by atoms with E-state index in [0.717, 1.165) is 19.4 Å². The van der Waals surface area contributed by atoms with Gasteiger partial charge in [-0.3, -0.25) is 0 Å². The van der Waals surface area contributed by atoms with Gasteiger partial charge in [-0.2, -0.15) is 0 Å². The first-order valence-corrected chi connectivity index (χ1v) is 8.29. The van der Waals surface area contributed by atoms with E-state index in [0.29, 0.717) is 18.9 Å². The van der Waals surface area contributed by atoms with Crippen LogP contribution in [0.1, 0.15) is 19.8 Å². The molecular weight excluding hydrogens is 276 g/mol. The topological polar surface area (TPSA) is 74.3 Å². The highest BCUT2D eigenvalue weighted by atomic mass is 32.2. The molecule has 7 heteroatoms. The molecule has 0 amide bonds. The molecule has 1 rings (SSSR count). The van der Waals surface area contributed by atoms with Crippen molar-refractivity contribution in [3.8, 4) is 0 Å². The number of pyridine rings is 1. The van der Waals surface area contributed by atoms with Crippen molar-refractivity contribution in [2.24, 2.45) is 0 Å². The lowest BCUT2D eigenvalue weighted by molar-refractivity contribution is 0.400. The molecule has 0 bridgehead atoms. The minimum absolute atomic E-state index is 0.207. The molecule has 0 saturated heterocycles. The molecule has 0 saturated carbocycles. The quantitative estimate of drug-likeness (QED) is 0.669. The van der Waals surface area contributed by atoms with E-state index in [4.69, 9.17) is 0 Å². The third-order valence-corrected chi connectivity index (χ3v) is 4.17. The number of sulfonamides is 1. The molecule has 0 atom stereocenters. The first kappa shape index (κ1) is 16.9. The van der Waals surface area contributed by atoms with Crippen LogP contribution >= 0.6 is 0 Å². The molecule has 114 valence electrons. The van der Waals surface area contributed by atoms with Crippen molar-refractivity contribution < 1.29 is 8.42 Å². The van der Waals surface area contributed by atoms with Crippen molar-refractivity contribution in [3.05, 3.63) is 18.3 Å². The fourth-order valence-corrected chi connectivity index (χ4v) is 2.87. The zero-order valence-electron chi connectivity index (χ0n) is 12.4. The Morgan fingerprint density at radius 2 is 2.05 bits per heavy atom. The van der Waals surface area contributed by atoms with E-state index >= 15 is 0 Å². The van der Waals surface area contributed by atoms with Crippen LogP contribution in [0.15, 0.2) is 23.2 Å². The zero-order chi connectivity index (χ0) is 15.0. The van der Waals surface area contributed by atoms with E-state index in [1.54, 1.807) is 18.3 Å². The van der Waals surface area contributed by atoms with Crippen molar-refractivity contribution in [2.75, 3.05) is 39.0 Å². The van der Waals surface area contributed by atoms with Gasteiger partial charge in [0.05, 0.1) is 0 Å². The highest BCUT2D eigenvalue weighted by Crippen LogP contribution is 2.17. The van der Waals surface area contributed by atoms with Crippen LogP contribution < -0.4 is 10.0 Å². The van der Waals surface area contributed by atoms with Crippen LogP contribution in [0.4, 0.5) is 5.82 Å². The first-order valence-electron chi connectivity index (χ1n) is 6.80. The Morgan fingerprint density at radius 1 is 1.30 bits per heavy atom. The van der Waals surface area contributed by atoms with Crippen LogP contribution in [0.3, 0.4) is 0 Å². The lowest BCUT2D eigenvalue weighted by Gasteiger charge is -2.13. The fourth-order valence-electron chi connectivity index (χ4n) is 1.66. The average Bonchev–Trinajstić information content (AvgIpc) is 2.41. The van der Waals surface area contributed by atoms with Crippen molar-refractivity contribution >= 4 is 15.8 Å². The molecule has 0 aliphatic heterocycles. The fraction of sp³-hybridized carbons (Fsp3) is 0.615. The third kappa shape index (κ3) is 5.44. The maximum Gasteiger partial charge on any atom is 0.244 e. The number of aromatic nitrogens is 1. The molecule has 1 heterocycles. The SMILES string of the molecule is CCCNc1ncccc1S(=O)(=O)NCCCN(C)C. The second-order valence-electron chi connectivity index (χ2n) is 4.83. The van der Waals surface area contributed by atoms with E-state index in [1.165, 1.54) is 0 Å². The van der Waals surface area contributed by atoms with Gasteiger partial charge in [-0.05, 0) is 45.6 Å². The lowest BCUT2D eigenvalue weighted by Crippen LogP contribution is -2.28. The third-order valence-electron chi connectivity index (χ3n) is 2.68. The van der Waals surface area contributed by atoms with Gasteiger partial charge < -0.3 is 10.2 Å². The largest absolute Gasteiger partial charge is 0.369 e. The van der Waals surface area contributed by atoms with Gasteiger partial charge in [-0.25, -0.2) is 18.1 Å². The van der Waals surface area contributed by atoms with Gasteiger partial charge in [-0.15, -0.1) is 0 Å². The van der Waals surface area contributed by atoms with Crippen LogP contribution in [-0.4, -0.2) is 52.0 Å². The number of nitrogens with zero attached hydrogens (tertiary/aromatic N) is 2. The highest BCUT2D eigenvalue weighted by Gasteiger charge is 2.18. The van der Waals surface area contributed by atoms with E-state index in [-0.39, 0.29) is 4.90 Å². The Bertz CT molecular complexity index is 503. The summed E-state index contributed by atoms with van der Waals surface area (Å²) >= 11 is 0. The molecule has 0 aliphatic rings. The summed E-state index contributed by atoms with van der Waals surface area (Å²) in [6.45, 7) is 3.98. The smallest absolute Gasteiger partial charge is 0.244 e. The Hall–Kier alpha value is -1.18. The summed E-state index contributed by atoms with van der Waals surface area (Å²) in [4.78, 5) is 6.33. The molecule has 0 aromatic carbocycles. The number of hydrogen-bond donors (Lipinski definition) is 2. The molecule has 2 N–H and O–H groups in total. The van der Waals surface area contributed by atoms with Crippen molar-refractivity contribution in [2.45, 2.75) is 24.7 Å². The van der Waals surface area contributed by atoms with Crippen molar-refractivity contribution in [3.63, 3.8) is 0 Å². The van der Waals surface area contributed by atoms with Gasteiger partial charge in [0, 0.05) is 19.3 Å². The molecule has 6 nitrogen and oxygen atoms in total. The molecule has 0 radical (unpaired) electrons. The molecule has 0 spiro atoms. The van der Waals surface area contributed by atoms with E-state index in [1.807, 2.05) is 25.9 Å². The standard InChI is InChI=1S/C13H24N4O2S/c1-4-8-14-13-12(7-5-9-15-13)20(18,19)16-10-6-11-17(2)3/h5,7,9,16H,4,6,8,10-11H2,1-3H3,(H,14,15). The van der Waals surface area contributed by atoms with Gasteiger partial charge in [0.2, 0.25) is 10.0 Å².